The van der Waals surface area contributed by atoms with Gasteiger partial charge in [-0.05, 0) is 41.5 Å². The Bertz CT molecular complexity index is 411. The number of amides is 2. The van der Waals surface area contributed by atoms with E-state index >= 15 is 0 Å². The van der Waals surface area contributed by atoms with Crippen molar-refractivity contribution in [2.45, 2.75) is 47.1 Å². The number of rotatable bonds is 6. The molecule has 0 bridgehead atoms. The largest absolute Gasteiger partial charge is 0.356 e. The molecule has 0 aromatic carbocycles. The van der Waals surface area contributed by atoms with E-state index in [9.17, 15) is 9.59 Å². The van der Waals surface area contributed by atoms with Crippen molar-refractivity contribution >= 4 is 17.8 Å². The van der Waals surface area contributed by atoms with E-state index in [2.05, 4.69) is 26.3 Å². The van der Waals surface area contributed by atoms with Crippen LogP contribution in [0.5, 0.6) is 0 Å². The lowest BCUT2D eigenvalue weighted by atomic mass is 9.92. The molecule has 4 N–H and O–H groups in total. The zero-order valence-electron chi connectivity index (χ0n) is 14.9. The highest BCUT2D eigenvalue weighted by Gasteiger charge is 2.27. The standard InChI is InChI=1S/C15H31N5O2/c1-8-17-12(22)15(5,6)10-19-13(16-7)18-9-11(21)20-14(2,3)4/h8-10H2,1-7H3,(H,17,22)(H,20,21)(H2,16,18,19). The van der Waals surface area contributed by atoms with Gasteiger partial charge in [0.05, 0.1) is 12.0 Å². The Morgan fingerprint density at radius 3 is 2.05 bits per heavy atom. The number of carbonyl (C=O) groups excluding carboxylic acids is 2. The summed E-state index contributed by atoms with van der Waals surface area (Å²) in [5.41, 5.74) is -0.836. The molecule has 0 saturated carbocycles. The molecule has 0 aliphatic carbocycles. The van der Waals surface area contributed by atoms with Crippen LogP contribution in [-0.4, -0.2) is 50.0 Å². The van der Waals surface area contributed by atoms with E-state index in [1.165, 1.54) is 0 Å². The van der Waals surface area contributed by atoms with E-state index in [1.54, 1.807) is 7.05 Å². The molecule has 0 unspecified atom stereocenters. The smallest absolute Gasteiger partial charge is 0.239 e. The number of nitrogens with zero attached hydrogens (tertiary/aromatic N) is 1. The molecule has 22 heavy (non-hydrogen) atoms. The van der Waals surface area contributed by atoms with Crippen LogP contribution < -0.4 is 21.3 Å². The lowest BCUT2D eigenvalue weighted by Gasteiger charge is -2.25. The van der Waals surface area contributed by atoms with Crippen LogP contribution >= 0.6 is 0 Å². The Morgan fingerprint density at radius 1 is 1.00 bits per heavy atom. The molecule has 7 nitrogen and oxygen atoms in total. The molecule has 0 aliphatic rings. The minimum Gasteiger partial charge on any atom is -0.356 e. The number of aliphatic imine (C=N–C) groups is 1. The fourth-order valence-electron chi connectivity index (χ4n) is 1.63. The predicted molar refractivity (Wildman–Crippen MR) is 89.7 cm³/mol. The van der Waals surface area contributed by atoms with Crippen molar-refractivity contribution < 1.29 is 9.59 Å². The van der Waals surface area contributed by atoms with E-state index in [0.717, 1.165) is 0 Å². The Kier molecular flexibility index (Phi) is 7.90. The van der Waals surface area contributed by atoms with E-state index < -0.39 is 5.41 Å². The van der Waals surface area contributed by atoms with Crippen LogP contribution in [0.3, 0.4) is 0 Å². The summed E-state index contributed by atoms with van der Waals surface area (Å²) < 4.78 is 0. The zero-order chi connectivity index (χ0) is 17.4. The van der Waals surface area contributed by atoms with Gasteiger partial charge in [0.2, 0.25) is 11.8 Å². The summed E-state index contributed by atoms with van der Waals surface area (Å²) in [4.78, 5) is 27.7. The molecule has 0 saturated heterocycles. The number of guanidine groups is 1. The summed E-state index contributed by atoms with van der Waals surface area (Å²) in [6.45, 7) is 12.5. The van der Waals surface area contributed by atoms with Crippen LogP contribution in [0.2, 0.25) is 0 Å². The molecular weight excluding hydrogens is 282 g/mol. The van der Waals surface area contributed by atoms with Gasteiger partial charge in [-0.2, -0.15) is 0 Å². The molecule has 0 fully saturated rings. The van der Waals surface area contributed by atoms with Crippen LogP contribution in [0, 0.1) is 5.41 Å². The Morgan fingerprint density at radius 2 is 1.59 bits per heavy atom. The summed E-state index contributed by atoms with van der Waals surface area (Å²) in [6.07, 6.45) is 0. The molecule has 128 valence electrons. The van der Waals surface area contributed by atoms with Crippen molar-refractivity contribution in [3.63, 3.8) is 0 Å². The number of carbonyl (C=O) groups is 2. The second kappa shape index (κ2) is 8.60. The van der Waals surface area contributed by atoms with Crippen LogP contribution in [0.1, 0.15) is 41.5 Å². The third-order valence-electron chi connectivity index (χ3n) is 2.80. The van der Waals surface area contributed by atoms with Gasteiger partial charge >= 0.3 is 0 Å². The first-order chi connectivity index (χ1) is 10.0. The molecule has 2 amide bonds. The van der Waals surface area contributed by atoms with Gasteiger partial charge in [0.15, 0.2) is 5.96 Å². The lowest BCUT2D eigenvalue weighted by molar-refractivity contribution is -0.129. The first kappa shape index (κ1) is 20.2. The van der Waals surface area contributed by atoms with Gasteiger partial charge < -0.3 is 21.3 Å². The van der Waals surface area contributed by atoms with E-state index in [1.807, 2.05) is 41.5 Å². The number of hydrogen-bond donors (Lipinski definition) is 4. The maximum absolute atomic E-state index is 11.9. The first-order valence-corrected chi connectivity index (χ1v) is 7.55. The van der Waals surface area contributed by atoms with Crippen LogP contribution in [0.15, 0.2) is 4.99 Å². The van der Waals surface area contributed by atoms with E-state index in [4.69, 9.17) is 0 Å². The Balaban J connectivity index is 4.34. The van der Waals surface area contributed by atoms with Crippen molar-refractivity contribution in [2.75, 3.05) is 26.7 Å². The fourth-order valence-corrected chi connectivity index (χ4v) is 1.63. The monoisotopic (exact) mass is 313 g/mol. The molecule has 0 radical (unpaired) electrons. The summed E-state index contributed by atoms with van der Waals surface area (Å²) in [6, 6.07) is 0. The maximum atomic E-state index is 11.9. The molecule has 0 spiro atoms. The van der Waals surface area contributed by atoms with Crippen LogP contribution in [-0.2, 0) is 9.59 Å². The second-order valence-corrected chi connectivity index (χ2v) is 6.82. The molecule has 7 heteroatoms. The van der Waals surface area contributed by atoms with Crippen LogP contribution in [0.4, 0.5) is 0 Å². The highest BCUT2D eigenvalue weighted by molar-refractivity contribution is 5.87. The zero-order valence-corrected chi connectivity index (χ0v) is 14.9. The van der Waals surface area contributed by atoms with E-state index in [0.29, 0.717) is 19.0 Å². The molecule has 0 rings (SSSR count). The SMILES string of the molecule is CCNC(=O)C(C)(C)CNC(=NC)NCC(=O)NC(C)(C)C. The third kappa shape index (κ3) is 8.49. The molecule has 0 aromatic heterocycles. The minimum absolute atomic E-state index is 0.0246. The van der Waals surface area contributed by atoms with Gasteiger partial charge in [-0.15, -0.1) is 0 Å². The average Bonchev–Trinajstić information content (AvgIpc) is 2.37. The summed E-state index contributed by atoms with van der Waals surface area (Å²) in [5, 5.41) is 11.7. The van der Waals surface area contributed by atoms with Crippen molar-refractivity contribution in [1.82, 2.24) is 21.3 Å². The average molecular weight is 313 g/mol. The van der Waals surface area contributed by atoms with Gasteiger partial charge in [-0.3, -0.25) is 14.6 Å². The minimum atomic E-state index is -0.568. The fraction of sp³-hybridized carbons (Fsp3) is 0.800. The van der Waals surface area contributed by atoms with Crippen molar-refractivity contribution in [1.29, 1.82) is 0 Å². The predicted octanol–water partition coefficient (Wildman–Crippen LogP) is 0.228. The quantitative estimate of drug-likeness (QED) is 0.417. The Hall–Kier alpha value is -1.79. The van der Waals surface area contributed by atoms with Crippen molar-refractivity contribution in [3.05, 3.63) is 0 Å². The first-order valence-electron chi connectivity index (χ1n) is 7.55. The second-order valence-electron chi connectivity index (χ2n) is 6.82. The molecule has 0 aliphatic heterocycles. The van der Waals surface area contributed by atoms with Crippen LogP contribution in [0.25, 0.3) is 0 Å². The van der Waals surface area contributed by atoms with Crippen molar-refractivity contribution in [2.24, 2.45) is 10.4 Å². The molecular formula is C15H31N5O2. The topological polar surface area (TPSA) is 94.6 Å². The lowest BCUT2D eigenvalue weighted by Crippen LogP contribution is -2.51. The van der Waals surface area contributed by atoms with Gasteiger partial charge in [-0.25, -0.2) is 0 Å². The highest BCUT2D eigenvalue weighted by Crippen LogP contribution is 2.13. The number of nitrogens with one attached hydrogen (secondary N) is 4. The summed E-state index contributed by atoms with van der Waals surface area (Å²) >= 11 is 0. The molecule has 0 aromatic rings. The van der Waals surface area contributed by atoms with Gasteiger partial charge in [0.1, 0.15) is 0 Å². The number of hydrogen-bond acceptors (Lipinski definition) is 3. The van der Waals surface area contributed by atoms with Gasteiger partial charge in [0.25, 0.3) is 0 Å². The summed E-state index contributed by atoms with van der Waals surface area (Å²) in [5.74, 6) is 0.350. The Labute approximate surface area is 133 Å². The molecule has 0 heterocycles. The molecule has 0 atom stereocenters. The normalized spacial score (nSPS) is 12.6. The van der Waals surface area contributed by atoms with Gasteiger partial charge in [0, 0.05) is 25.7 Å². The van der Waals surface area contributed by atoms with Gasteiger partial charge in [-0.1, -0.05) is 0 Å². The highest BCUT2D eigenvalue weighted by atomic mass is 16.2. The summed E-state index contributed by atoms with van der Waals surface area (Å²) in [7, 11) is 1.62. The van der Waals surface area contributed by atoms with Crippen molar-refractivity contribution in [3.8, 4) is 0 Å². The van der Waals surface area contributed by atoms with E-state index in [-0.39, 0.29) is 23.9 Å². The maximum Gasteiger partial charge on any atom is 0.239 e. The third-order valence-corrected chi connectivity index (χ3v) is 2.80.